The molecule has 0 atom stereocenters. The van der Waals surface area contributed by atoms with Crippen LogP contribution in [0.2, 0.25) is 0 Å². The lowest BCUT2D eigenvalue weighted by atomic mass is 9.97. The number of nitrogens with two attached hydrogens (primary N) is 1. The third-order valence-corrected chi connectivity index (χ3v) is 2.52. The van der Waals surface area contributed by atoms with Gasteiger partial charge in [0.1, 0.15) is 0 Å². The molecule has 1 aromatic carbocycles. The van der Waals surface area contributed by atoms with Gasteiger partial charge in [-0.25, -0.2) is 0 Å². The largest absolute Gasteiger partial charge is 0.402 e. The lowest BCUT2D eigenvalue weighted by Gasteiger charge is -2.09. The molecule has 0 amide bonds. The quantitative estimate of drug-likeness (QED) is 0.791. The van der Waals surface area contributed by atoms with Gasteiger partial charge in [0.15, 0.2) is 0 Å². The van der Waals surface area contributed by atoms with Crippen LogP contribution in [0.25, 0.3) is 12.2 Å². The molecule has 0 aliphatic heterocycles. The predicted molar refractivity (Wildman–Crippen MR) is 72.9 cm³/mol. The Labute approximate surface area is 98.0 Å². The minimum Gasteiger partial charge on any atom is -0.402 e. The lowest BCUT2D eigenvalue weighted by molar-refractivity contribution is 1.06. The van der Waals surface area contributed by atoms with Crippen LogP contribution in [0, 0.1) is 0 Å². The molecule has 1 heteroatoms. The van der Waals surface area contributed by atoms with E-state index in [1.165, 1.54) is 5.56 Å². The Hall–Kier alpha value is -1.76. The second-order valence-corrected chi connectivity index (χ2v) is 3.69. The van der Waals surface area contributed by atoms with Gasteiger partial charge in [0, 0.05) is 12.1 Å². The average Bonchev–Trinajstić information content (AvgIpc) is 2.29. The van der Waals surface area contributed by atoms with E-state index < -0.39 is 0 Å². The summed E-state index contributed by atoms with van der Waals surface area (Å²) in [4.78, 5) is 0. The van der Waals surface area contributed by atoms with Crippen molar-refractivity contribution in [2.45, 2.75) is 19.8 Å². The minimum atomic E-state index is 0.775. The molecule has 16 heavy (non-hydrogen) atoms. The summed E-state index contributed by atoms with van der Waals surface area (Å²) < 4.78 is 0. The van der Waals surface area contributed by atoms with Crippen LogP contribution in [0.1, 0.15) is 30.0 Å². The summed E-state index contributed by atoms with van der Waals surface area (Å²) in [6, 6.07) is 6.15. The van der Waals surface area contributed by atoms with Crippen LogP contribution in [0.15, 0.2) is 43.1 Å². The van der Waals surface area contributed by atoms with Crippen molar-refractivity contribution in [1.82, 2.24) is 0 Å². The minimum absolute atomic E-state index is 0.775. The Kier molecular flexibility index (Phi) is 4.59. The van der Waals surface area contributed by atoms with Crippen LogP contribution in [0.4, 0.5) is 0 Å². The number of allylic oxidation sites excluding steroid dienone is 2. The van der Waals surface area contributed by atoms with Crippen LogP contribution >= 0.6 is 0 Å². The third-order valence-electron chi connectivity index (χ3n) is 2.52. The van der Waals surface area contributed by atoms with Crippen LogP contribution in [-0.2, 0) is 6.42 Å². The molecule has 0 unspecified atom stereocenters. The summed E-state index contributed by atoms with van der Waals surface area (Å²) in [5, 5.41) is 0. The second-order valence-electron chi connectivity index (χ2n) is 3.69. The molecular formula is C15H19N. The van der Waals surface area contributed by atoms with Gasteiger partial charge in [-0.05, 0) is 23.1 Å². The van der Waals surface area contributed by atoms with Crippen LogP contribution in [-0.4, -0.2) is 0 Å². The third kappa shape index (κ3) is 2.86. The molecule has 0 radical (unpaired) electrons. The first kappa shape index (κ1) is 12.3. The van der Waals surface area contributed by atoms with Crippen LogP contribution < -0.4 is 5.73 Å². The highest BCUT2D eigenvalue weighted by Gasteiger charge is 2.03. The first-order chi connectivity index (χ1) is 7.72. The van der Waals surface area contributed by atoms with Gasteiger partial charge in [-0.15, -0.1) is 0 Å². The highest BCUT2D eigenvalue weighted by molar-refractivity contribution is 5.66. The first-order valence-electron chi connectivity index (χ1n) is 5.54. The molecule has 1 rings (SSSR count). The zero-order valence-electron chi connectivity index (χ0n) is 9.87. The van der Waals surface area contributed by atoms with E-state index in [2.05, 4.69) is 26.1 Å². The molecule has 0 spiro atoms. The zero-order chi connectivity index (χ0) is 12.0. The van der Waals surface area contributed by atoms with Crippen molar-refractivity contribution in [2.75, 3.05) is 0 Å². The maximum atomic E-state index is 5.93. The van der Waals surface area contributed by atoms with Gasteiger partial charge in [0.2, 0.25) is 0 Å². The standard InChI is InChI=1S/C15H19N/c1-4-8-14(16)11-13-10-7-9-12(5-2)15(13)6-3/h5-10H,2-4,11,16H2,1H3/b14-8-. The molecule has 1 aromatic rings. The van der Waals surface area contributed by atoms with E-state index in [1.54, 1.807) is 0 Å². The number of benzene rings is 1. The smallest absolute Gasteiger partial charge is 0.0124 e. The maximum absolute atomic E-state index is 5.93. The predicted octanol–water partition coefficient (Wildman–Crippen LogP) is 3.77. The fourth-order valence-corrected chi connectivity index (χ4v) is 1.77. The summed E-state index contributed by atoms with van der Waals surface area (Å²) in [5.74, 6) is 0. The molecule has 0 heterocycles. The SMILES string of the molecule is C=Cc1cccc(C/C(N)=C/CC)c1C=C. The molecule has 0 aliphatic carbocycles. The highest BCUT2D eigenvalue weighted by Crippen LogP contribution is 2.19. The van der Waals surface area contributed by atoms with E-state index in [1.807, 2.05) is 30.4 Å². The van der Waals surface area contributed by atoms with Gasteiger partial charge >= 0.3 is 0 Å². The van der Waals surface area contributed by atoms with Crippen LogP contribution in [0.3, 0.4) is 0 Å². The summed E-state index contributed by atoms with van der Waals surface area (Å²) in [6.45, 7) is 9.73. The number of hydrogen-bond acceptors (Lipinski definition) is 1. The van der Waals surface area contributed by atoms with Crippen molar-refractivity contribution in [2.24, 2.45) is 5.73 Å². The van der Waals surface area contributed by atoms with E-state index in [0.29, 0.717) is 0 Å². The topological polar surface area (TPSA) is 26.0 Å². The molecule has 0 aliphatic rings. The van der Waals surface area contributed by atoms with Gasteiger partial charge in [0.05, 0.1) is 0 Å². The van der Waals surface area contributed by atoms with Gasteiger partial charge < -0.3 is 5.73 Å². The van der Waals surface area contributed by atoms with Gasteiger partial charge in [-0.1, -0.05) is 56.5 Å². The molecule has 0 saturated carbocycles. The van der Waals surface area contributed by atoms with E-state index in [-0.39, 0.29) is 0 Å². The molecule has 0 fully saturated rings. The first-order valence-corrected chi connectivity index (χ1v) is 5.54. The summed E-state index contributed by atoms with van der Waals surface area (Å²) in [6.07, 6.45) is 7.51. The molecular weight excluding hydrogens is 194 g/mol. The van der Waals surface area contributed by atoms with Gasteiger partial charge in [0.25, 0.3) is 0 Å². The molecule has 84 valence electrons. The van der Waals surface area contributed by atoms with E-state index in [0.717, 1.165) is 29.7 Å². The van der Waals surface area contributed by atoms with Gasteiger partial charge in [-0.3, -0.25) is 0 Å². The maximum Gasteiger partial charge on any atom is 0.0124 e. The summed E-state index contributed by atoms with van der Waals surface area (Å²) >= 11 is 0. The molecule has 2 N–H and O–H groups in total. The normalized spacial score (nSPS) is 11.2. The van der Waals surface area contributed by atoms with Crippen molar-refractivity contribution in [3.05, 3.63) is 59.8 Å². The molecule has 0 bridgehead atoms. The Morgan fingerprint density at radius 2 is 2.06 bits per heavy atom. The van der Waals surface area contributed by atoms with Gasteiger partial charge in [-0.2, -0.15) is 0 Å². The Balaban J connectivity index is 3.08. The zero-order valence-corrected chi connectivity index (χ0v) is 9.87. The summed E-state index contributed by atoms with van der Waals surface area (Å²) in [7, 11) is 0. The Morgan fingerprint density at radius 1 is 1.31 bits per heavy atom. The van der Waals surface area contributed by atoms with Crippen molar-refractivity contribution < 1.29 is 0 Å². The van der Waals surface area contributed by atoms with Crippen molar-refractivity contribution in [3.8, 4) is 0 Å². The number of rotatable bonds is 5. The van der Waals surface area contributed by atoms with E-state index >= 15 is 0 Å². The highest BCUT2D eigenvalue weighted by atomic mass is 14.6. The molecule has 0 aromatic heterocycles. The van der Waals surface area contributed by atoms with Crippen LogP contribution in [0.5, 0.6) is 0 Å². The number of hydrogen-bond donors (Lipinski definition) is 1. The fraction of sp³-hybridized carbons (Fsp3) is 0.200. The van der Waals surface area contributed by atoms with Crippen molar-refractivity contribution >= 4 is 12.2 Å². The molecule has 1 nitrogen and oxygen atoms in total. The Morgan fingerprint density at radius 3 is 2.62 bits per heavy atom. The second kappa shape index (κ2) is 5.96. The fourth-order valence-electron chi connectivity index (χ4n) is 1.77. The van der Waals surface area contributed by atoms with E-state index in [9.17, 15) is 0 Å². The lowest BCUT2D eigenvalue weighted by Crippen LogP contribution is -2.03. The van der Waals surface area contributed by atoms with E-state index in [4.69, 9.17) is 5.73 Å². The Bertz CT molecular complexity index is 413. The summed E-state index contributed by atoms with van der Waals surface area (Å²) in [5.41, 5.74) is 10.3. The average molecular weight is 213 g/mol. The monoisotopic (exact) mass is 213 g/mol. The van der Waals surface area contributed by atoms with Crippen molar-refractivity contribution in [1.29, 1.82) is 0 Å². The van der Waals surface area contributed by atoms with Crippen molar-refractivity contribution in [3.63, 3.8) is 0 Å². The molecule has 0 saturated heterocycles.